The van der Waals surface area contributed by atoms with Gasteiger partial charge in [-0.1, -0.05) is 194 Å². The molecule has 0 atom stereocenters. The van der Waals surface area contributed by atoms with Gasteiger partial charge in [-0.25, -0.2) is 0 Å². The van der Waals surface area contributed by atoms with Crippen LogP contribution < -0.4 is 4.90 Å². The average Bonchev–Trinajstić information content (AvgIpc) is 3.56. The van der Waals surface area contributed by atoms with Crippen LogP contribution >= 0.6 is 0 Å². The molecule has 1 heteroatoms. The summed E-state index contributed by atoms with van der Waals surface area (Å²) in [7, 11) is 0. The predicted molar refractivity (Wildman–Crippen MR) is 227 cm³/mol. The molecule has 0 fully saturated rings. The summed E-state index contributed by atoms with van der Waals surface area (Å²) in [5, 5.41) is 2.43. The highest BCUT2D eigenvalue weighted by Gasteiger charge is 2.47. The minimum Gasteiger partial charge on any atom is -0.310 e. The number of hydrogen-bond donors (Lipinski definition) is 0. The standard InChI is InChI=1S/C53H37N/c1-4-19-39(20-5-1)46-28-12-13-29-47(46)41-22-16-27-44(37-41)54(45-35-34-38-18-10-11-21-40(38)36-45)51-33-17-32-50-52(51)48-30-14-15-31-49(48)53(50,42-23-6-2-7-24-42)43-25-8-3-9-26-43/h1-37H. The van der Waals surface area contributed by atoms with E-state index in [2.05, 4.69) is 229 Å². The fourth-order valence-corrected chi connectivity index (χ4v) is 8.82. The summed E-state index contributed by atoms with van der Waals surface area (Å²) < 4.78 is 0. The van der Waals surface area contributed by atoms with Crippen LogP contribution in [0.2, 0.25) is 0 Å². The van der Waals surface area contributed by atoms with Gasteiger partial charge in [0, 0.05) is 16.9 Å². The van der Waals surface area contributed by atoms with E-state index in [-0.39, 0.29) is 0 Å². The summed E-state index contributed by atoms with van der Waals surface area (Å²) in [4.78, 5) is 2.47. The molecule has 0 heterocycles. The number of fused-ring (bicyclic) bond motifs is 4. The Morgan fingerprint density at radius 2 is 0.833 bits per heavy atom. The summed E-state index contributed by atoms with van der Waals surface area (Å²) >= 11 is 0. The Morgan fingerprint density at radius 1 is 0.315 bits per heavy atom. The first kappa shape index (κ1) is 31.7. The molecule has 0 saturated heterocycles. The van der Waals surface area contributed by atoms with E-state index in [0.717, 1.165) is 17.1 Å². The lowest BCUT2D eigenvalue weighted by atomic mass is 9.68. The summed E-state index contributed by atoms with van der Waals surface area (Å²) in [5.74, 6) is 0. The van der Waals surface area contributed by atoms with Crippen molar-refractivity contribution < 1.29 is 0 Å². The molecule has 0 amide bonds. The second-order valence-electron chi connectivity index (χ2n) is 14.1. The highest BCUT2D eigenvalue weighted by atomic mass is 15.1. The van der Waals surface area contributed by atoms with Crippen LogP contribution in [0.25, 0.3) is 44.2 Å². The summed E-state index contributed by atoms with van der Waals surface area (Å²) in [5.41, 5.74) is 15.3. The van der Waals surface area contributed by atoms with Crippen LogP contribution in [0, 0.1) is 0 Å². The zero-order valence-electron chi connectivity index (χ0n) is 29.8. The zero-order chi connectivity index (χ0) is 35.9. The second kappa shape index (κ2) is 13.2. The maximum absolute atomic E-state index is 2.47. The predicted octanol–water partition coefficient (Wildman–Crippen LogP) is 14.0. The van der Waals surface area contributed by atoms with Gasteiger partial charge >= 0.3 is 0 Å². The van der Waals surface area contributed by atoms with E-state index in [1.807, 2.05) is 0 Å². The lowest BCUT2D eigenvalue weighted by molar-refractivity contribution is 0.768. The van der Waals surface area contributed by atoms with Gasteiger partial charge in [0.2, 0.25) is 0 Å². The van der Waals surface area contributed by atoms with Crippen molar-refractivity contribution in [3.05, 3.63) is 247 Å². The summed E-state index contributed by atoms with van der Waals surface area (Å²) in [6, 6.07) is 82.0. The van der Waals surface area contributed by atoms with Gasteiger partial charge in [0.15, 0.2) is 0 Å². The largest absolute Gasteiger partial charge is 0.310 e. The van der Waals surface area contributed by atoms with E-state index in [4.69, 9.17) is 0 Å². The third kappa shape index (κ3) is 5.09. The van der Waals surface area contributed by atoms with Crippen molar-refractivity contribution in [1.82, 2.24) is 0 Å². The van der Waals surface area contributed by atoms with Crippen LogP contribution in [0.3, 0.4) is 0 Å². The molecule has 54 heavy (non-hydrogen) atoms. The van der Waals surface area contributed by atoms with Crippen molar-refractivity contribution in [3.63, 3.8) is 0 Å². The Balaban J connectivity index is 1.25. The molecule has 0 unspecified atom stereocenters. The SMILES string of the molecule is c1ccc(-c2ccccc2-c2cccc(N(c3ccc4ccccc4c3)c3cccc4c3-c3ccccc3C4(c3ccccc3)c3ccccc3)c2)cc1. The second-order valence-corrected chi connectivity index (χ2v) is 14.1. The van der Waals surface area contributed by atoms with Gasteiger partial charge in [-0.05, 0) is 91.2 Å². The van der Waals surface area contributed by atoms with E-state index >= 15 is 0 Å². The first-order chi connectivity index (χ1) is 26.8. The van der Waals surface area contributed by atoms with E-state index in [9.17, 15) is 0 Å². The molecule has 0 aromatic heterocycles. The molecule has 0 bridgehead atoms. The van der Waals surface area contributed by atoms with E-state index in [1.54, 1.807) is 0 Å². The molecule has 0 aliphatic heterocycles. The molecule has 1 nitrogen and oxygen atoms in total. The summed E-state index contributed by atoms with van der Waals surface area (Å²) in [6.45, 7) is 0. The quantitative estimate of drug-likeness (QED) is 0.161. The molecule has 1 aliphatic rings. The molecule has 254 valence electrons. The van der Waals surface area contributed by atoms with Crippen molar-refractivity contribution in [2.75, 3.05) is 4.90 Å². The number of hydrogen-bond acceptors (Lipinski definition) is 1. The number of nitrogens with zero attached hydrogens (tertiary/aromatic N) is 1. The zero-order valence-corrected chi connectivity index (χ0v) is 29.8. The normalized spacial score (nSPS) is 12.6. The van der Waals surface area contributed by atoms with Crippen LogP contribution in [-0.4, -0.2) is 0 Å². The number of anilines is 3. The molecule has 0 saturated carbocycles. The first-order valence-electron chi connectivity index (χ1n) is 18.7. The van der Waals surface area contributed by atoms with Crippen molar-refractivity contribution >= 4 is 27.8 Å². The fourth-order valence-electron chi connectivity index (χ4n) is 8.82. The smallest absolute Gasteiger partial charge is 0.0714 e. The molecular formula is C53H37N. The first-order valence-corrected chi connectivity index (χ1v) is 18.7. The lowest BCUT2D eigenvalue weighted by Gasteiger charge is -2.34. The maximum Gasteiger partial charge on any atom is 0.0714 e. The van der Waals surface area contributed by atoms with Crippen LogP contribution in [0.4, 0.5) is 17.1 Å². The Hall–Kier alpha value is -6.96. The van der Waals surface area contributed by atoms with E-state index in [0.29, 0.717) is 0 Å². The van der Waals surface area contributed by atoms with Gasteiger partial charge in [0.1, 0.15) is 0 Å². The molecule has 10 rings (SSSR count). The van der Waals surface area contributed by atoms with Crippen LogP contribution in [0.1, 0.15) is 22.3 Å². The van der Waals surface area contributed by atoms with Gasteiger partial charge in [-0.2, -0.15) is 0 Å². The number of benzene rings is 9. The molecule has 9 aromatic rings. The molecule has 1 aliphatic carbocycles. The van der Waals surface area contributed by atoms with E-state index in [1.165, 1.54) is 66.4 Å². The van der Waals surface area contributed by atoms with Crippen molar-refractivity contribution in [3.8, 4) is 33.4 Å². The third-order valence-electron chi connectivity index (χ3n) is 11.1. The topological polar surface area (TPSA) is 3.24 Å². The van der Waals surface area contributed by atoms with Crippen LogP contribution in [0.15, 0.2) is 224 Å². The van der Waals surface area contributed by atoms with Crippen molar-refractivity contribution in [1.29, 1.82) is 0 Å². The molecule has 0 radical (unpaired) electrons. The van der Waals surface area contributed by atoms with Crippen molar-refractivity contribution in [2.24, 2.45) is 0 Å². The van der Waals surface area contributed by atoms with Crippen LogP contribution in [-0.2, 0) is 5.41 Å². The fraction of sp³-hybridized carbons (Fsp3) is 0.0189. The monoisotopic (exact) mass is 687 g/mol. The minimum atomic E-state index is -0.490. The maximum atomic E-state index is 2.47. The van der Waals surface area contributed by atoms with Gasteiger partial charge in [-0.15, -0.1) is 0 Å². The Bertz CT molecular complexity index is 2730. The van der Waals surface area contributed by atoms with Crippen molar-refractivity contribution in [2.45, 2.75) is 5.41 Å². The van der Waals surface area contributed by atoms with Gasteiger partial charge in [0.05, 0.1) is 11.1 Å². The molecule has 0 spiro atoms. The molecular weight excluding hydrogens is 651 g/mol. The number of rotatable bonds is 7. The Kier molecular flexibility index (Phi) is 7.78. The third-order valence-corrected chi connectivity index (χ3v) is 11.1. The highest BCUT2D eigenvalue weighted by Crippen LogP contribution is 2.59. The van der Waals surface area contributed by atoms with Crippen LogP contribution in [0.5, 0.6) is 0 Å². The highest BCUT2D eigenvalue weighted by molar-refractivity contribution is 5.99. The van der Waals surface area contributed by atoms with E-state index < -0.39 is 5.41 Å². The summed E-state index contributed by atoms with van der Waals surface area (Å²) in [6.07, 6.45) is 0. The minimum absolute atomic E-state index is 0.490. The van der Waals surface area contributed by atoms with Gasteiger partial charge < -0.3 is 4.90 Å². The van der Waals surface area contributed by atoms with Gasteiger partial charge in [-0.3, -0.25) is 0 Å². The molecule has 0 N–H and O–H groups in total. The van der Waals surface area contributed by atoms with Gasteiger partial charge in [0.25, 0.3) is 0 Å². The average molecular weight is 688 g/mol. The Morgan fingerprint density at radius 3 is 1.56 bits per heavy atom. The Labute approximate surface area is 317 Å². The lowest BCUT2D eigenvalue weighted by Crippen LogP contribution is -2.28. The molecule has 9 aromatic carbocycles.